The van der Waals surface area contributed by atoms with Gasteiger partial charge in [-0.3, -0.25) is 14.5 Å². The number of carbonyl (C=O) groups excluding carboxylic acids is 2. The number of carbonyl (C=O) groups is 2. The van der Waals surface area contributed by atoms with E-state index in [1.165, 1.54) is 19.1 Å². The lowest BCUT2D eigenvalue weighted by Crippen LogP contribution is -2.27. The Morgan fingerprint density at radius 1 is 1.39 bits per heavy atom. The Labute approximate surface area is 104 Å². The van der Waals surface area contributed by atoms with Crippen LogP contribution >= 0.6 is 0 Å². The van der Waals surface area contributed by atoms with E-state index in [-0.39, 0.29) is 24.8 Å². The highest BCUT2D eigenvalue weighted by atomic mass is 16.5. The Morgan fingerprint density at radius 3 is 2.72 bits per heavy atom. The first-order valence-corrected chi connectivity index (χ1v) is 5.41. The third kappa shape index (κ3) is 2.24. The van der Waals surface area contributed by atoms with Crippen LogP contribution in [0.3, 0.4) is 0 Å². The van der Waals surface area contributed by atoms with E-state index in [1.54, 1.807) is 12.1 Å². The summed E-state index contributed by atoms with van der Waals surface area (Å²) in [6, 6.07) is 3.24. The molecule has 0 bridgehead atoms. The van der Waals surface area contributed by atoms with Crippen LogP contribution in [0.1, 0.15) is 6.42 Å². The van der Waals surface area contributed by atoms with Crippen molar-refractivity contribution in [2.24, 2.45) is 5.92 Å². The number of anilines is 1. The van der Waals surface area contributed by atoms with Crippen molar-refractivity contribution in [3.8, 4) is 5.88 Å². The van der Waals surface area contributed by atoms with E-state index < -0.39 is 5.92 Å². The molecule has 1 fully saturated rings. The summed E-state index contributed by atoms with van der Waals surface area (Å²) < 4.78 is 9.51. The van der Waals surface area contributed by atoms with Gasteiger partial charge in [0.25, 0.3) is 0 Å². The highest BCUT2D eigenvalue weighted by Crippen LogP contribution is 2.24. The topological polar surface area (TPSA) is 81.6 Å². The van der Waals surface area contributed by atoms with E-state index in [1.807, 2.05) is 0 Å². The minimum Gasteiger partial charge on any atom is -0.480 e. The fraction of sp³-hybridized carbons (Fsp3) is 0.455. The first kappa shape index (κ1) is 12.3. The number of methoxy groups -OCH3 is 2. The SMILES string of the molecule is COC(=O)C1CC(=O)N(c2ccc(OC)nn2)C1. The second-order valence-electron chi connectivity index (χ2n) is 3.86. The maximum absolute atomic E-state index is 11.8. The molecule has 1 aromatic heterocycles. The molecule has 2 rings (SSSR count). The first-order valence-electron chi connectivity index (χ1n) is 5.41. The van der Waals surface area contributed by atoms with Gasteiger partial charge in [-0.1, -0.05) is 0 Å². The minimum atomic E-state index is -0.439. The maximum atomic E-state index is 11.8. The molecule has 1 aliphatic heterocycles. The molecule has 1 saturated heterocycles. The summed E-state index contributed by atoms with van der Waals surface area (Å²) in [6.07, 6.45) is 0.139. The number of ether oxygens (including phenoxy) is 2. The molecule has 1 unspecified atom stereocenters. The molecule has 0 N–H and O–H groups in total. The third-order valence-corrected chi connectivity index (χ3v) is 2.77. The second kappa shape index (κ2) is 4.99. The van der Waals surface area contributed by atoms with Gasteiger partial charge in [-0.15, -0.1) is 10.2 Å². The molecule has 1 atom stereocenters. The Hall–Kier alpha value is -2.18. The summed E-state index contributed by atoms with van der Waals surface area (Å²) in [6.45, 7) is 0.270. The summed E-state index contributed by atoms with van der Waals surface area (Å²) in [5, 5.41) is 7.66. The summed E-state index contributed by atoms with van der Waals surface area (Å²) in [7, 11) is 2.79. The normalized spacial score (nSPS) is 18.9. The molecule has 0 spiro atoms. The number of amides is 1. The van der Waals surface area contributed by atoms with Gasteiger partial charge in [-0.2, -0.15) is 0 Å². The van der Waals surface area contributed by atoms with Crippen LogP contribution in [-0.2, 0) is 14.3 Å². The number of hydrogen-bond acceptors (Lipinski definition) is 6. The molecule has 2 heterocycles. The molecule has 0 aliphatic carbocycles. The first-order chi connectivity index (χ1) is 8.65. The van der Waals surface area contributed by atoms with Crippen molar-refractivity contribution >= 4 is 17.7 Å². The van der Waals surface area contributed by atoms with Gasteiger partial charge in [0.05, 0.1) is 20.1 Å². The van der Waals surface area contributed by atoms with Gasteiger partial charge < -0.3 is 9.47 Å². The summed E-state index contributed by atoms with van der Waals surface area (Å²) in [5.41, 5.74) is 0. The smallest absolute Gasteiger partial charge is 0.311 e. The highest BCUT2D eigenvalue weighted by molar-refractivity contribution is 5.98. The van der Waals surface area contributed by atoms with Crippen molar-refractivity contribution < 1.29 is 19.1 Å². The van der Waals surface area contributed by atoms with Gasteiger partial charge in [0, 0.05) is 19.0 Å². The van der Waals surface area contributed by atoms with Crippen LogP contribution in [0.15, 0.2) is 12.1 Å². The lowest BCUT2D eigenvalue weighted by molar-refractivity contribution is -0.145. The van der Waals surface area contributed by atoms with Gasteiger partial charge in [-0.05, 0) is 6.07 Å². The van der Waals surface area contributed by atoms with E-state index in [9.17, 15) is 9.59 Å². The maximum Gasteiger partial charge on any atom is 0.311 e. The number of nitrogens with zero attached hydrogens (tertiary/aromatic N) is 3. The fourth-order valence-electron chi connectivity index (χ4n) is 1.82. The van der Waals surface area contributed by atoms with E-state index in [0.29, 0.717) is 11.7 Å². The molecular weight excluding hydrogens is 238 g/mol. The van der Waals surface area contributed by atoms with Crippen molar-refractivity contribution in [2.75, 3.05) is 25.7 Å². The fourth-order valence-corrected chi connectivity index (χ4v) is 1.82. The van der Waals surface area contributed by atoms with Gasteiger partial charge in [0.15, 0.2) is 5.82 Å². The standard InChI is InChI=1S/C11H13N3O4/c1-17-9-4-3-8(12-13-9)14-6-7(5-10(14)15)11(16)18-2/h3-4,7H,5-6H2,1-2H3. The summed E-state index contributed by atoms with van der Waals surface area (Å²) >= 11 is 0. The van der Waals surface area contributed by atoms with Crippen molar-refractivity contribution in [1.29, 1.82) is 0 Å². The Balaban J connectivity index is 2.13. The average Bonchev–Trinajstić information content (AvgIpc) is 2.80. The van der Waals surface area contributed by atoms with E-state index in [2.05, 4.69) is 14.9 Å². The average molecular weight is 251 g/mol. The van der Waals surface area contributed by atoms with Crippen molar-refractivity contribution in [3.05, 3.63) is 12.1 Å². The Morgan fingerprint density at radius 2 is 2.17 bits per heavy atom. The van der Waals surface area contributed by atoms with E-state index in [4.69, 9.17) is 4.74 Å². The zero-order valence-electron chi connectivity index (χ0n) is 10.1. The monoisotopic (exact) mass is 251 g/mol. The van der Waals surface area contributed by atoms with Gasteiger partial charge in [0.2, 0.25) is 11.8 Å². The molecule has 1 amide bonds. The molecule has 1 aliphatic rings. The molecule has 7 heteroatoms. The molecule has 0 saturated carbocycles. The van der Waals surface area contributed by atoms with Gasteiger partial charge in [0.1, 0.15) is 0 Å². The van der Waals surface area contributed by atoms with Gasteiger partial charge in [-0.25, -0.2) is 0 Å². The van der Waals surface area contributed by atoms with Crippen LogP contribution < -0.4 is 9.64 Å². The number of rotatable bonds is 3. The predicted molar refractivity (Wildman–Crippen MR) is 61.1 cm³/mol. The highest BCUT2D eigenvalue weighted by Gasteiger charge is 2.36. The lowest BCUT2D eigenvalue weighted by Gasteiger charge is -2.14. The minimum absolute atomic E-state index is 0.139. The van der Waals surface area contributed by atoms with Crippen molar-refractivity contribution in [3.63, 3.8) is 0 Å². The van der Waals surface area contributed by atoms with Crippen LogP contribution in [0.2, 0.25) is 0 Å². The molecule has 0 aromatic carbocycles. The quantitative estimate of drug-likeness (QED) is 0.704. The largest absolute Gasteiger partial charge is 0.480 e. The molecule has 7 nitrogen and oxygen atoms in total. The summed E-state index contributed by atoms with van der Waals surface area (Å²) in [5.74, 6) is -0.203. The van der Waals surface area contributed by atoms with Crippen LogP contribution in [0.4, 0.5) is 5.82 Å². The van der Waals surface area contributed by atoms with Crippen molar-refractivity contribution in [1.82, 2.24) is 10.2 Å². The van der Waals surface area contributed by atoms with Crippen LogP contribution in [0, 0.1) is 5.92 Å². The van der Waals surface area contributed by atoms with E-state index in [0.717, 1.165) is 0 Å². The molecule has 18 heavy (non-hydrogen) atoms. The Bertz CT molecular complexity index is 460. The molecule has 96 valence electrons. The van der Waals surface area contributed by atoms with Crippen LogP contribution in [0.5, 0.6) is 5.88 Å². The number of aromatic nitrogens is 2. The van der Waals surface area contributed by atoms with Crippen LogP contribution in [0.25, 0.3) is 0 Å². The van der Waals surface area contributed by atoms with Crippen molar-refractivity contribution in [2.45, 2.75) is 6.42 Å². The van der Waals surface area contributed by atoms with Gasteiger partial charge >= 0.3 is 5.97 Å². The molecule has 0 radical (unpaired) electrons. The number of esters is 1. The lowest BCUT2D eigenvalue weighted by atomic mass is 10.1. The predicted octanol–water partition coefficient (Wildman–Crippen LogP) is 0.0111. The zero-order chi connectivity index (χ0) is 13.1. The van der Waals surface area contributed by atoms with Crippen LogP contribution in [-0.4, -0.2) is 42.8 Å². The number of hydrogen-bond donors (Lipinski definition) is 0. The molecule has 1 aromatic rings. The molecular formula is C11H13N3O4. The summed E-state index contributed by atoms with van der Waals surface area (Å²) in [4.78, 5) is 24.6. The van der Waals surface area contributed by atoms with E-state index >= 15 is 0 Å². The zero-order valence-corrected chi connectivity index (χ0v) is 10.1. The Kier molecular flexibility index (Phi) is 3.40. The second-order valence-corrected chi connectivity index (χ2v) is 3.86. The third-order valence-electron chi connectivity index (χ3n) is 2.77.